The van der Waals surface area contributed by atoms with E-state index in [0.717, 1.165) is 24.3 Å². The van der Waals surface area contributed by atoms with Gasteiger partial charge in [0.05, 0.1) is 6.54 Å². The summed E-state index contributed by atoms with van der Waals surface area (Å²) in [6.07, 6.45) is 2.03. The number of carbonyl (C=O) groups excluding carboxylic acids is 1. The number of hydrogen-bond acceptors (Lipinski definition) is 4. The number of primary amides is 1. The fraction of sp³-hybridized carbons (Fsp3) is 0.500. The van der Waals surface area contributed by atoms with Gasteiger partial charge in [-0.1, -0.05) is 13.3 Å². The van der Waals surface area contributed by atoms with Gasteiger partial charge in [0.15, 0.2) is 0 Å². The highest BCUT2D eigenvalue weighted by Crippen LogP contribution is 2.18. The molecule has 1 aromatic heterocycles. The van der Waals surface area contributed by atoms with Gasteiger partial charge in [0.2, 0.25) is 5.91 Å². The Morgan fingerprint density at radius 3 is 2.67 bits per heavy atom. The number of rotatable bonds is 8. The van der Waals surface area contributed by atoms with E-state index in [1.54, 1.807) is 12.1 Å². The number of nitrogens with zero attached hydrogens (tertiary/aromatic N) is 1. The van der Waals surface area contributed by atoms with Crippen molar-refractivity contribution in [2.75, 3.05) is 13.1 Å². The summed E-state index contributed by atoms with van der Waals surface area (Å²) in [4.78, 5) is 24.9. The average Bonchev–Trinajstić information content (AvgIpc) is 2.73. The van der Waals surface area contributed by atoms with Crippen molar-refractivity contribution >= 4 is 23.2 Å². The molecule has 0 aliphatic heterocycles. The van der Waals surface area contributed by atoms with Gasteiger partial charge < -0.3 is 10.8 Å². The first kappa shape index (κ1) is 14.7. The predicted octanol–water partition coefficient (Wildman–Crippen LogP) is 1.53. The Bertz CT molecular complexity index is 417. The Hall–Kier alpha value is -1.40. The lowest BCUT2D eigenvalue weighted by atomic mass is 10.3. The molecule has 0 spiro atoms. The van der Waals surface area contributed by atoms with E-state index in [1.807, 2.05) is 4.90 Å². The molecule has 0 aliphatic carbocycles. The number of hydrogen-bond donors (Lipinski definition) is 2. The van der Waals surface area contributed by atoms with Crippen molar-refractivity contribution in [3.05, 3.63) is 21.9 Å². The molecule has 1 aromatic rings. The number of amides is 1. The third-order valence-electron chi connectivity index (χ3n) is 2.46. The van der Waals surface area contributed by atoms with Gasteiger partial charge in [-0.25, -0.2) is 4.79 Å². The van der Waals surface area contributed by atoms with Gasteiger partial charge in [-0.05, 0) is 25.1 Å². The number of unbranched alkanes of at least 4 members (excludes halogenated alkanes) is 1. The summed E-state index contributed by atoms with van der Waals surface area (Å²) in [6, 6.07) is 3.37. The van der Waals surface area contributed by atoms with Crippen LogP contribution in [-0.2, 0) is 11.3 Å². The van der Waals surface area contributed by atoms with Crippen LogP contribution in [0.15, 0.2) is 12.1 Å². The van der Waals surface area contributed by atoms with Gasteiger partial charge in [-0.3, -0.25) is 9.69 Å². The summed E-state index contributed by atoms with van der Waals surface area (Å²) in [5.74, 6) is -1.28. The smallest absolute Gasteiger partial charge is 0.345 e. The van der Waals surface area contributed by atoms with E-state index in [1.165, 1.54) is 11.3 Å². The Morgan fingerprint density at radius 1 is 1.44 bits per heavy atom. The van der Waals surface area contributed by atoms with Crippen LogP contribution in [0.4, 0.5) is 0 Å². The van der Waals surface area contributed by atoms with Crippen LogP contribution in [0.5, 0.6) is 0 Å². The zero-order valence-electron chi connectivity index (χ0n) is 10.4. The maximum Gasteiger partial charge on any atom is 0.345 e. The van der Waals surface area contributed by atoms with Crippen LogP contribution in [0.1, 0.15) is 34.3 Å². The fourth-order valence-corrected chi connectivity index (χ4v) is 2.50. The highest BCUT2D eigenvalue weighted by atomic mass is 32.1. The topological polar surface area (TPSA) is 83.6 Å². The zero-order valence-corrected chi connectivity index (χ0v) is 11.2. The lowest BCUT2D eigenvalue weighted by Gasteiger charge is -2.19. The number of thiophene rings is 1. The molecule has 0 unspecified atom stereocenters. The second-order valence-electron chi connectivity index (χ2n) is 4.10. The molecule has 0 bridgehead atoms. The lowest BCUT2D eigenvalue weighted by molar-refractivity contribution is -0.119. The summed E-state index contributed by atoms with van der Waals surface area (Å²) in [6.45, 7) is 3.65. The van der Waals surface area contributed by atoms with Gasteiger partial charge in [0, 0.05) is 11.4 Å². The van der Waals surface area contributed by atoms with Crippen molar-refractivity contribution in [3.63, 3.8) is 0 Å². The van der Waals surface area contributed by atoms with Crippen LogP contribution in [0.2, 0.25) is 0 Å². The predicted molar refractivity (Wildman–Crippen MR) is 70.7 cm³/mol. The van der Waals surface area contributed by atoms with Crippen LogP contribution in [-0.4, -0.2) is 35.0 Å². The molecular formula is C12H18N2O3S. The maximum atomic E-state index is 11.0. The van der Waals surface area contributed by atoms with E-state index in [-0.39, 0.29) is 12.5 Å². The first-order valence-corrected chi connectivity index (χ1v) is 6.67. The molecule has 1 heterocycles. The van der Waals surface area contributed by atoms with Gasteiger partial charge in [-0.15, -0.1) is 11.3 Å². The molecular weight excluding hydrogens is 252 g/mol. The molecule has 3 N–H and O–H groups in total. The lowest BCUT2D eigenvalue weighted by Crippen LogP contribution is -2.33. The monoisotopic (exact) mass is 270 g/mol. The summed E-state index contributed by atoms with van der Waals surface area (Å²) in [5, 5.41) is 8.84. The van der Waals surface area contributed by atoms with Gasteiger partial charge >= 0.3 is 5.97 Å². The average molecular weight is 270 g/mol. The second kappa shape index (κ2) is 7.13. The first-order chi connectivity index (χ1) is 8.52. The third-order valence-corrected chi connectivity index (χ3v) is 3.52. The number of nitrogens with two attached hydrogens (primary N) is 1. The minimum Gasteiger partial charge on any atom is -0.477 e. The van der Waals surface area contributed by atoms with Crippen molar-refractivity contribution in [2.24, 2.45) is 5.73 Å². The molecule has 1 rings (SSSR count). The summed E-state index contributed by atoms with van der Waals surface area (Å²) in [7, 11) is 0. The molecule has 0 saturated heterocycles. The van der Waals surface area contributed by atoms with E-state index in [0.29, 0.717) is 11.4 Å². The normalized spacial score (nSPS) is 10.8. The van der Waals surface area contributed by atoms with E-state index in [2.05, 4.69) is 6.92 Å². The molecule has 0 aromatic carbocycles. The standard InChI is InChI=1S/C12H18N2O3S/c1-2-3-6-14(8-11(13)15)7-9-4-5-10(18-9)12(16)17/h4-5H,2-3,6-8H2,1H3,(H2,13,15)(H,16,17). The highest BCUT2D eigenvalue weighted by molar-refractivity contribution is 7.13. The molecule has 0 saturated carbocycles. The van der Waals surface area contributed by atoms with E-state index in [4.69, 9.17) is 10.8 Å². The van der Waals surface area contributed by atoms with Crippen molar-refractivity contribution in [1.29, 1.82) is 0 Å². The summed E-state index contributed by atoms with van der Waals surface area (Å²) in [5.41, 5.74) is 5.20. The molecule has 100 valence electrons. The Balaban J connectivity index is 2.62. The molecule has 5 nitrogen and oxygen atoms in total. The quantitative estimate of drug-likeness (QED) is 0.750. The van der Waals surface area contributed by atoms with E-state index in [9.17, 15) is 9.59 Å². The minimum atomic E-state index is -0.916. The van der Waals surface area contributed by atoms with E-state index < -0.39 is 5.97 Å². The Morgan fingerprint density at radius 2 is 2.17 bits per heavy atom. The summed E-state index contributed by atoms with van der Waals surface area (Å²) < 4.78 is 0. The highest BCUT2D eigenvalue weighted by Gasteiger charge is 2.12. The third kappa shape index (κ3) is 4.85. The zero-order chi connectivity index (χ0) is 13.5. The van der Waals surface area contributed by atoms with Crippen molar-refractivity contribution in [3.8, 4) is 0 Å². The van der Waals surface area contributed by atoms with Crippen molar-refractivity contribution < 1.29 is 14.7 Å². The van der Waals surface area contributed by atoms with Crippen LogP contribution in [0, 0.1) is 0 Å². The van der Waals surface area contributed by atoms with Crippen LogP contribution < -0.4 is 5.73 Å². The Kier molecular flexibility index (Phi) is 5.80. The van der Waals surface area contributed by atoms with Gasteiger partial charge in [-0.2, -0.15) is 0 Å². The van der Waals surface area contributed by atoms with Gasteiger partial charge in [0.25, 0.3) is 0 Å². The van der Waals surface area contributed by atoms with Crippen molar-refractivity contribution in [1.82, 2.24) is 4.90 Å². The SMILES string of the molecule is CCCCN(CC(N)=O)Cc1ccc(C(=O)O)s1. The van der Waals surface area contributed by atoms with E-state index >= 15 is 0 Å². The molecule has 0 fully saturated rings. The number of carboxylic acid groups (broad SMARTS) is 1. The van der Waals surface area contributed by atoms with Crippen LogP contribution >= 0.6 is 11.3 Å². The molecule has 0 atom stereocenters. The fourth-order valence-electron chi connectivity index (χ4n) is 1.61. The molecule has 6 heteroatoms. The maximum absolute atomic E-state index is 11.0. The first-order valence-electron chi connectivity index (χ1n) is 5.85. The van der Waals surface area contributed by atoms with Gasteiger partial charge in [0.1, 0.15) is 4.88 Å². The summed E-state index contributed by atoms with van der Waals surface area (Å²) >= 11 is 1.24. The van der Waals surface area contributed by atoms with Crippen LogP contribution in [0.3, 0.4) is 0 Å². The van der Waals surface area contributed by atoms with Crippen molar-refractivity contribution in [2.45, 2.75) is 26.3 Å². The Labute approximate surface area is 110 Å². The number of carboxylic acids is 1. The minimum absolute atomic E-state index is 0.209. The van der Waals surface area contributed by atoms with Crippen LogP contribution in [0.25, 0.3) is 0 Å². The second-order valence-corrected chi connectivity index (χ2v) is 5.27. The molecule has 0 radical (unpaired) electrons. The number of carbonyl (C=O) groups is 2. The molecule has 0 aliphatic rings. The molecule has 1 amide bonds. The largest absolute Gasteiger partial charge is 0.477 e. The number of aromatic carboxylic acids is 1. The molecule has 18 heavy (non-hydrogen) atoms.